The molecule has 3 rings (SSSR count). The smallest absolute Gasteiger partial charge is 0.251 e. The van der Waals surface area contributed by atoms with Gasteiger partial charge in [-0.05, 0) is 50.2 Å². The number of nitrogens with zero attached hydrogens (tertiary/aromatic N) is 2. The van der Waals surface area contributed by atoms with Crippen LogP contribution >= 0.6 is 0 Å². The lowest BCUT2D eigenvalue weighted by atomic mass is 10.2. The zero-order valence-corrected chi connectivity index (χ0v) is 17.6. The summed E-state index contributed by atoms with van der Waals surface area (Å²) in [7, 11) is -3.63. The molecule has 0 bridgehead atoms. The third-order valence-corrected chi connectivity index (χ3v) is 5.42. The molecule has 2 aromatic heterocycles. The maximum Gasteiger partial charge on any atom is 0.251 e. The van der Waals surface area contributed by atoms with Crippen LogP contribution in [0.3, 0.4) is 0 Å². The van der Waals surface area contributed by atoms with E-state index in [9.17, 15) is 13.2 Å². The first-order valence-electron chi connectivity index (χ1n) is 9.53. The van der Waals surface area contributed by atoms with Crippen molar-refractivity contribution < 1.29 is 22.7 Å². The van der Waals surface area contributed by atoms with Crippen LogP contribution in [0, 0.1) is 0 Å². The molecule has 2 heterocycles. The highest BCUT2D eigenvalue weighted by Gasteiger charge is 2.14. The standard InChI is InChI=1S/C20H24N4O5S/c1-3-28-18-6-5-15(13-19(18)29-4-2)20(25)21-10-12-30(26,27)23-16-8-11-24-17(14-16)7-9-22-24/h5-9,11,13-14,23H,3-4,10,12H2,1-2H3,(H,21,25). The molecule has 0 saturated heterocycles. The van der Waals surface area contributed by atoms with Crippen LogP contribution in [0.1, 0.15) is 24.2 Å². The van der Waals surface area contributed by atoms with Gasteiger partial charge in [-0.3, -0.25) is 9.52 Å². The van der Waals surface area contributed by atoms with Crippen LogP contribution in [0.4, 0.5) is 5.69 Å². The minimum absolute atomic E-state index is 0.0414. The van der Waals surface area contributed by atoms with Gasteiger partial charge in [0.1, 0.15) is 0 Å². The first-order valence-corrected chi connectivity index (χ1v) is 11.2. The Bertz CT molecular complexity index is 1130. The summed E-state index contributed by atoms with van der Waals surface area (Å²) in [6.45, 7) is 4.56. The van der Waals surface area contributed by atoms with Gasteiger partial charge in [0, 0.05) is 24.5 Å². The summed E-state index contributed by atoms with van der Waals surface area (Å²) in [5.74, 6) is 0.364. The van der Waals surface area contributed by atoms with Gasteiger partial charge in [-0.1, -0.05) is 0 Å². The lowest BCUT2D eigenvalue weighted by molar-refractivity contribution is 0.0955. The van der Waals surface area contributed by atoms with Crippen LogP contribution in [0.2, 0.25) is 0 Å². The molecule has 0 aliphatic carbocycles. The molecule has 0 aliphatic rings. The molecule has 9 nitrogen and oxygen atoms in total. The van der Waals surface area contributed by atoms with Gasteiger partial charge >= 0.3 is 0 Å². The SMILES string of the molecule is CCOc1ccc(C(=O)NCCS(=O)(=O)Nc2ccn3nccc3c2)cc1OCC. The molecular weight excluding hydrogens is 408 g/mol. The Hall–Kier alpha value is -3.27. The molecule has 0 fully saturated rings. The maximum atomic E-state index is 12.4. The fraction of sp³-hybridized carbons (Fsp3) is 0.300. The molecule has 0 atom stereocenters. The van der Waals surface area contributed by atoms with E-state index in [1.165, 1.54) is 0 Å². The molecule has 10 heteroatoms. The van der Waals surface area contributed by atoms with E-state index in [0.29, 0.717) is 36.0 Å². The van der Waals surface area contributed by atoms with E-state index in [1.54, 1.807) is 53.3 Å². The average molecular weight is 433 g/mol. The molecule has 0 aliphatic heterocycles. The Balaban J connectivity index is 1.58. The summed E-state index contributed by atoms with van der Waals surface area (Å²) in [5.41, 5.74) is 1.56. The van der Waals surface area contributed by atoms with E-state index < -0.39 is 15.9 Å². The largest absolute Gasteiger partial charge is 0.490 e. The van der Waals surface area contributed by atoms with Gasteiger partial charge in [-0.25, -0.2) is 12.9 Å². The Kier molecular flexibility index (Phi) is 6.78. The zero-order chi connectivity index (χ0) is 21.6. The second-order valence-electron chi connectivity index (χ2n) is 6.32. The number of hydrogen-bond acceptors (Lipinski definition) is 6. The van der Waals surface area contributed by atoms with Crippen molar-refractivity contribution in [1.82, 2.24) is 14.9 Å². The minimum atomic E-state index is -3.63. The number of pyridine rings is 1. The Labute approximate surface area is 175 Å². The van der Waals surface area contributed by atoms with E-state index in [4.69, 9.17) is 9.47 Å². The number of sulfonamides is 1. The van der Waals surface area contributed by atoms with Crippen molar-refractivity contribution >= 4 is 27.1 Å². The van der Waals surface area contributed by atoms with Crippen molar-refractivity contribution in [3.63, 3.8) is 0 Å². The number of fused-ring (bicyclic) bond motifs is 1. The number of carbonyl (C=O) groups is 1. The Morgan fingerprint density at radius 3 is 2.60 bits per heavy atom. The molecule has 1 amide bonds. The topological polar surface area (TPSA) is 111 Å². The van der Waals surface area contributed by atoms with Gasteiger partial charge < -0.3 is 14.8 Å². The third-order valence-electron chi connectivity index (χ3n) is 4.13. The van der Waals surface area contributed by atoms with E-state index in [2.05, 4.69) is 15.1 Å². The van der Waals surface area contributed by atoms with Crippen molar-refractivity contribution in [2.45, 2.75) is 13.8 Å². The fourth-order valence-corrected chi connectivity index (χ4v) is 3.77. The average Bonchev–Trinajstić information content (AvgIpc) is 3.17. The number of amides is 1. The Morgan fingerprint density at radius 1 is 1.07 bits per heavy atom. The second kappa shape index (κ2) is 9.49. The summed E-state index contributed by atoms with van der Waals surface area (Å²) >= 11 is 0. The lowest BCUT2D eigenvalue weighted by Crippen LogP contribution is -2.31. The van der Waals surface area contributed by atoms with Crippen LogP contribution in [-0.2, 0) is 10.0 Å². The van der Waals surface area contributed by atoms with Gasteiger partial charge in [-0.15, -0.1) is 0 Å². The molecule has 0 radical (unpaired) electrons. The van der Waals surface area contributed by atoms with E-state index >= 15 is 0 Å². The highest BCUT2D eigenvalue weighted by atomic mass is 32.2. The van der Waals surface area contributed by atoms with Gasteiger partial charge in [-0.2, -0.15) is 5.10 Å². The summed E-state index contributed by atoms with van der Waals surface area (Å²) in [4.78, 5) is 12.4. The molecule has 160 valence electrons. The van der Waals surface area contributed by atoms with Crippen molar-refractivity contribution in [3.05, 3.63) is 54.4 Å². The number of benzene rings is 1. The number of aromatic nitrogens is 2. The number of rotatable bonds is 10. The molecule has 0 spiro atoms. The van der Waals surface area contributed by atoms with Crippen LogP contribution in [0.5, 0.6) is 11.5 Å². The highest BCUT2D eigenvalue weighted by molar-refractivity contribution is 7.92. The van der Waals surface area contributed by atoms with Crippen molar-refractivity contribution in [1.29, 1.82) is 0 Å². The van der Waals surface area contributed by atoms with Gasteiger partial charge in [0.05, 0.1) is 30.2 Å². The zero-order valence-electron chi connectivity index (χ0n) is 16.8. The number of hydrogen-bond donors (Lipinski definition) is 2. The maximum absolute atomic E-state index is 12.4. The first-order chi connectivity index (χ1) is 14.4. The summed E-state index contributed by atoms with van der Waals surface area (Å²) < 4.78 is 39.8. The van der Waals surface area contributed by atoms with Gasteiger partial charge in [0.15, 0.2) is 11.5 Å². The monoisotopic (exact) mass is 432 g/mol. The van der Waals surface area contributed by atoms with Gasteiger partial charge in [0.25, 0.3) is 5.91 Å². The molecule has 3 aromatic rings. The lowest BCUT2D eigenvalue weighted by Gasteiger charge is -2.13. The highest BCUT2D eigenvalue weighted by Crippen LogP contribution is 2.28. The van der Waals surface area contributed by atoms with Crippen LogP contribution < -0.4 is 19.5 Å². The van der Waals surface area contributed by atoms with E-state index in [0.717, 1.165) is 5.52 Å². The van der Waals surface area contributed by atoms with Crippen LogP contribution in [0.15, 0.2) is 48.8 Å². The number of anilines is 1. The molecule has 0 unspecified atom stereocenters. The van der Waals surface area contributed by atoms with E-state index in [-0.39, 0.29) is 12.3 Å². The Morgan fingerprint density at radius 2 is 1.83 bits per heavy atom. The summed E-state index contributed by atoms with van der Waals surface area (Å²) in [6.07, 6.45) is 3.29. The third kappa shape index (κ3) is 5.41. The van der Waals surface area contributed by atoms with Gasteiger partial charge in [0.2, 0.25) is 10.0 Å². The predicted octanol–water partition coefficient (Wildman–Crippen LogP) is 2.30. The summed E-state index contributed by atoms with van der Waals surface area (Å²) in [5, 5.41) is 6.68. The quantitative estimate of drug-likeness (QED) is 0.509. The molecule has 1 aromatic carbocycles. The number of carbonyl (C=O) groups excluding carboxylic acids is 1. The second-order valence-corrected chi connectivity index (χ2v) is 8.16. The fourth-order valence-electron chi connectivity index (χ4n) is 2.81. The molecule has 30 heavy (non-hydrogen) atoms. The minimum Gasteiger partial charge on any atom is -0.490 e. The van der Waals surface area contributed by atoms with Crippen molar-refractivity contribution in [3.8, 4) is 11.5 Å². The summed E-state index contributed by atoms with van der Waals surface area (Å²) in [6, 6.07) is 9.91. The van der Waals surface area contributed by atoms with E-state index in [1.807, 2.05) is 13.8 Å². The molecule has 2 N–H and O–H groups in total. The normalized spacial score (nSPS) is 11.3. The molecule has 0 saturated carbocycles. The van der Waals surface area contributed by atoms with Crippen molar-refractivity contribution in [2.24, 2.45) is 0 Å². The number of ether oxygens (including phenoxy) is 2. The van der Waals surface area contributed by atoms with Crippen LogP contribution in [-0.4, -0.2) is 49.5 Å². The number of nitrogens with one attached hydrogen (secondary N) is 2. The van der Waals surface area contributed by atoms with Crippen LogP contribution in [0.25, 0.3) is 5.52 Å². The molecular formula is C20H24N4O5S. The van der Waals surface area contributed by atoms with Crippen molar-refractivity contribution in [2.75, 3.05) is 30.2 Å². The predicted molar refractivity (Wildman–Crippen MR) is 114 cm³/mol. The first kappa shape index (κ1) is 21.4.